The minimum Gasteiger partial charge on any atom is -0.493 e. The number of rotatable bonds is 6. The lowest BCUT2D eigenvalue weighted by molar-refractivity contribution is -0.127. The first-order valence-electron chi connectivity index (χ1n) is 11.3. The van der Waals surface area contributed by atoms with Crippen LogP contribution >= 0.6 is 0 Å². The van der Waals surface area contributed by atoms with E-state index in [-0.39, 0.29) is 17.6 Å². The van der Waals surface area contributed by atoms with Gasteiger partial charge in [-0.05, 0) is 61.2 Å². The first kappa shape index (κ1) is 23.4. The summed E-state index contributed by atoms with van der Waals surface area (Å²) in [5, 5.41) is 0. The van der Waals surface area contributed by atoms with E-state index in [0.29, 0.717) is 30.4 Å². The highest BCUT2D eigenvalue weighted by Gasteiger charge is 2.27. The monoisotopic (exact) mass is 461 g/mol. The molecular formula is C27H28FN3O3. The van der Waals surface area contributed by atoms with Crippen LogP contribution in [0, 0.1) is 12.7 Å². The summed E-state index contributed by atoms with van der Waals surface area (Å²) in [6.45, 7) is 3.12. The molecule has 2 heterocycles. The van der Waals surface area contributed by atoms with Gasteiger partial charge in [-0.3, -0.25) is 4.79 Å². The molecule has 1 atom stereocenters. The van der Waals surface area contributed by atoms with Crippen LogP contribution < -0.4 is 9.47 Å². The van der Waals surface area contributed by atoms with Crippen molar-refractivity contribution in [3.8, 4) is 22.6 Å². The number of aryl methyl sites for hydroxylation is 1. The molecule has 0 radical (unpaired) electrons. The highest BCUT2D eigenvalue weighted by Crippen LogP contribution is 2.33. The van der Waals surface area contributed by atoms with Crippen LogP contribution in [0.4, 0.5) is 4.39 Å². The second-order valence-electron chi connectivity index (χ2n) is 8.29. The number of halogens is 1. The van der Waals surface area contributed by atoms with Crippen molar-refractivity contribution in [3.05, 3.63) is 77.6 Å². The number of ether oxygens (including phenoxy) is 2. The average molecular weight is 462 g/mol. The zero-order valence-electron chi connectivity index (χ0n) is 19.6. The lowest BCUT2D eigenvalue weighted by atomic mass is 9.89. The Labute approximate surface area is 199 Å². The van der Waals surface area contributed by atoms with E-state index in [1.807, 2.05) is 30.0 Å². The number of likely N-dealkylation sites (tertiary alicyclic amines) is 1. The third-order valence-corrected chi connectivity index (χ3v) is 6.04. The summed E-state index contributed by atoms with van der Waals surface area (Å²) in [6, 6.07) is 11.9. The maximum absolute atomic E-state index is 13.4. The summed E-state index contributed by atoms with van der Waals surface area (Å²) in [5.41, 5.74) is 3.50. The van der Waals surface area contributed by atoms with Gasteiger partial charge in [0.25, 0.3) is 0 Å². The maximum Gasteiger partial charge on any atom is 0.246 e. The van der Waals surface area contributed by atoms with Crippen LogP contribution in [0.5, 0.6) is 11.5 Å². The Hall–Kier alpha value is -3.74. The van der Waals surface area contributed by atoms with Crippen molar-refractivity contribution in [2.45, 2.75) is 25.7 Å². The van der Waals surface area contributed by atoms with Crippen LogP contribution in [0.15, 0.2) is 54.7 Å². The quantitative estimate of drug-likeness (QED) is 0.482. The van der Waals surface area contributed by atoms with Gasteiger partial charge in [0.1, 0.15) is 11.6 Å². The van der Waals surface area contributed by atoms with Gasteiger partial charge >= 0.3 is 0 Å². The first-order chi connectivity index (χ1) is 16.5. The number of hydrogen-bond acceptors (Lipinski definition) is 5. The molecule has 6 nitrogen and oxygen atoms in total. The van der Waals surface area contributed by atoms with Gasteiger partial charge in [0.15, 0.2) is 11.5 Å². The molecule has 1 aromatic heterocycles. The summed E-state index contributed by atoms with van der Waals surface area (Å²) in [5.74, 6) is 1.68. The van der Waals surface area contributed by atoms with Gasteiger partial charge in [0, 0.05) is 36.8 Å². The van der Waals surface area contributed by atoms with E-state index in [2.05, 4.69) is 4.98 Å². The molecule has 3 aromatic rings. The minimum atomic E-state index is -0.283. The topological polar surface area (TPSA) is 64.5 Å². The Bertz CT molecular complexity index is 1190. The van der Waals surface area contributed by atoms with Gasteiger partial charge in [-0.15, -0.1) is 0 Å². The summed E-state index contributed by atoms with van der Waals surface area (Å²) in [7, 11) is 3.17. The molecule has 0 spiro atoms. The highest BCUT2D eigenvalue weighted by atomic mass is 19.1. The maximum atomic E-state index is 13.4. The molecule has 0 unspecified atom stereocenters. The van der Waals surface area contributed by atoms with Gasteiger partial charge < -0.3 is 14.4 Å². The molecule has 0 N–H and O–H groups in total. The zero-order chi connectivity index (χ0) is 24.1. The van der Waals surface area contributed by atoms with E-state index in [1.54, 1.807) is 44.7 Å². The van der Waals surface area contributed by atoms with Gasteiger partial charge in [-0.1, -0.05) is 18.2 Å². The van der Waals surface area contributed by atoms with E-state index >= 15 is 0 Å². The molecule has 0 bridgehead atoms. The van der Waals surface area contributed by atoms with Crippen LogP contribution in [0.25, 0.3) is 17.2 Å². The highest BCUT2D eigenvalue weighted by molar-refractivity contribution is 5.92. The zero-order valence-corrected chi connectivity index (χ0v) is 19.6. The van der Waals surface area contributed by atoms with Crippen LogP contribution in [0.1, 0.15) is 35.8 Å². The molecule has 7 heteroatoms. The van der Waals surface area contributed by atoms with Crippen LogP contribution in [-0.2, 0) is 4.79 Å². The number of benzene rings is 2. The summed E-state index contributed by atoms with van der Waals surface area (Å²) in [6.07, 6.45) is 6.98. The third-order valence-electron chi connectivity index (χ3n) is 6.04. The van der Waals surface area contributed by atoms with Crippen molar-refractivity contribution in [1.82, 2.24) is 14.9 Å². The number of hydrogen-bond donors (Lipinski definition) is 0. The van der Waals surface area contributed by atoms with E-state index in [4.69, 9.17) is 14.5 Å². The Balaban J connectivity index is 1.53. The van der Waals surface area contributed by atoms with Crippen molar-refractivity contribution in [2.24, 2.45) is 0 Å². The molecule has 1 aliphatic rings. The van der Waals surface area contributed by atoms with Crippen LogP contribution in [0.3, 0.4) is 0 Å². The van der Waals surface area contributed by atoms with E-state index in [0.717, 1.165) is 35.2 Å². The van der Waals surface area contributed by atoms with E-state index < -0.39 is 0 Å². The van der Waals surface area contributed by atoms with Crippen molar-refractivity contribution in [1.29, 1.82) is 0 Å². The van der Waals surface area contributed by atoms with Crippen molar-refractivity contribution in [3.63, 3.8) is 0 Å². The second-order valence-corrected chi connectivity index (χ2v) is 8.29. The molecule has 2 aromatic carbocycles. The average Bonchev–Trinajstić information content (AvgIpc) is 2.87. The van der Waals surface area contributed by atoms with E-state index in [9.17, 15) is 9.18 Å². The van der Waals surface area contributed by atoms with Gasteiger partial charge in [0.05, 0.1) is 19.9 Å². The molecule has 1 aliphatic heterocycles. The Kier molecular flexibility index (Phi) is 7.21. The van der Waals surface area contributed by atoms with Crippen LogP contribution in [-0.4, -0.2) is 48.1 Å². The standard InChI is InChI=1S/C27H28FN3O3/c1-18-29-16-23(20-8-10-22(28)11-9-20)27(30-18)21-5-4-14-31(17-21)26(32)13-7-19-6-12-24(33-2)25(15-19)34-3/h6-13,15-16,21H,4-5,14,17H2,1-3H3/b13-7+/t21-/m1/s1. The number of piperidine rings is 1. The second kappa shape index (κ2) is 10.5. The fraction of sp³-hybridized carbons (Fsp3) is 0.296. The predicted molar refractivity (Wildman–Crippen MR) is 129 cm³/mol. The molecular weight excluding hydrogens is 433 g/mol. The number of methoxy groups -OCH3 is 2. The molecule has 176 valence electrons. The summed E-state index contributed by atoms with van der Waals surface area (Å²) < 4.78 is 24.1. The number of carbonyl (C=O) groups excluding carboxylic acids is 1. The molecule has 34 heavy (non-hydrogen) atoms. The normalized spacial score (nSPS) is 16.0. The molecule has 0 aliphatic carbocycles. The fourth-order valence-electron chi connectivity index (χ4n) is 4.28. The first-order valence-corrected chi connectivity index (χ1v) is 11.3. The largest absolute Gasteiger partial charge is 0.493 e. The smallest absolute Gasteiger partial charge is 0.246 e. The lowest BCUT2D eigenvalue weighted by Gasteiger charge is -2.32. The van der Waals surface area contributed by atoms with E-state index in [1.165, 1.54) is 12.1 Å². The lowest BCUT2D eigenvalue weighted by Crippen LogP contribution is -2.38. The SMILES string of the molecule is COc1ccc(/C=C/C(=O)N2CCC[C@@H](c3nc(C)ncc3-c3ccc(F)cc3)C2)cc1OC. The number of nitrogens with zero attached hydrogens (tertiary/aromatic N) is 3. The molecule has 1 amide bonds. The van der Waals surface area contributed by atoms with Crippen LogP contribution in [0.2, 0.25) is 0 Å². The molecule has 0 saturated carbocycles. The summed E-state index contributed by atoms with van der Waals surface area (Å²) in [4.78, 5) is 23.9. The predicted octanol–water partition coefficient (Wildman–Crippen LogP) is 5.03. The number of aromatic nitrogens is 2. The van der Waals surface area contributed by atoms with Crippen molar-refractivity contribution >= 4 is 12.0 Å². The molecule has 4 rings (SSSR count). The van der Waals surface area contributed by atoms with Crippen molar-refractivity contribution < 1.29 is 18.7 Å². The van der Waals surface area contributed by atoms with Gasteiger partial charge in [0.2, 0.25) is 5.91 Å². The Morgan fingerprint density at radius 1 is 1.12 bits per heavy atom. The number of amides is 1. The van der Waals surface area contributed by atoms with Crippen molar-refractivity contribution in [2.75, 3.05) is 27.3 Å². The molecule has 1 fully saturated rings. The summed E-state index contributed by atoms with van der Waals surface area (Å²) >= 11 is 0. The molecule has 1 saturated heterocycles. The Morgan fingerprint density at radius 3 is 2.62 bits per heavy atom. The number of carbonyl (C=O) groups is 1. The van der Waals surface area contributed by atoms with Gasteiger partial charge in [-0.2, -0.15) is 0 Å². The third kappa shape index (κ3) is 5.25. The minimum absolute atomic E-state index is 0.0476. The van der Waals surface area contributed by atoms with Gasteiger partial charge in [-0.25, -0.2) is 14.4 Å². The fourth-order valence-corrected chi connectivity index (χ4v) is 4.28. The Morgan fingerprint density at radius 2 is 1.88 bits per heavy atom.